The van der Waals surface area contributed by atoms with E-state index >= 15 is 0 Å². The van der Waals surface area contributed by atoms with Crippen molar-refractivity contribution in [2.75, 3.05) is 0 Å². The Kier molecular flexibility index (Phi) is 3.29. The summed E-state index contributed by atoms with van der Waals surface area (Å²) in [6, 6.07) is 0. The van der Waals surface area contributed by atoms with Gasteiger partial charge in [0.2, 0.25) is 6.33 Å². The zero-order valence-electron chi connectivity index (χ0n) is 7.96. The normalized spacial score (nSPS) is 13.4. The molecule has 1 aromatic heterocycles. The lowest BCUT2D eigenvalue weighted by atomic mass is 10.1. The van der Waals surface area contributed by atoms with Crippen molar-refractivity contribution in [2.24, 2.45) is 5.92 Å². The van der Waals surface area contributed by atoms with Gasteiger partial charge in [-0.1, -0.05) is 4.98 Å². The summed E-state index contributed by atoms with van der Waals surface area (Å²) in [6.45, 7) is -1.07. The number of rotatable bonds is 4. The molecule has 0 spiro atoms. The fourth-order valence-electron chi connectivity index (χ4n) is 0.965. The summed E-state index contributed by atoms with van der Waals surface area (Å²) >= 11 is 0. The van der Waals surface area contributed by atoms with E-state index in [-0.39, 0.29) is 0 Å². The molecule has 0 aromatic carbocycles. The Morgan fingerprint density at radius 1 is 1.65 bits per heavy atom. The predicted molar refractivity (Wildman–Crippen MR) is 43.9 cm³/mol. The molecule has 0 aliphatic carbocycles. The molecule has 0 bridgehead atoms. The summed E-state index contributed by atoms with van der Waals surface area (Å²) in [4.78, 5) is 22.6. The zero-order valence-corrected chi connectivity index (χ0v) is 7.96. The Morgan fingerprint density at radius 2 is 2.24 bits per heavy atom. The van der Waals surface area contributed by atoms with Crippen LogP contribution in [0.25, 0.3) is 0 Å². The van der Waals surface area contributed by atoms with E-state index in [1.807, 2.05) is 0 Å². The lowest BCUT2D eigenvalue weighted by Gasteiger charge is -2.13. The highest BCUT2D eigenvalue weighted by atomic mass is 19.4. The number of halogens is 3. The number of aromatic nitrogens is 3. The smallest absolute Gasteiger partial charge is 0.481 e. The van der Waals surface area contributed by atoms with Crippen LogP contribution in [-0.4, -0.2) is 36.9 Å². The minimum Gasteiger partial charge on any atom is -0.481 e. The van der Waals surface area contributed by atoms with Crippen molar-refractivity contribution in [2.45, 2.75) is 12.7 Å². The molecule has 0 saturated heterocycles. The first-order chi connectivity index (χ1) is 7.71. The van der Waals surface area contributed by atoms with Crippen molar-refractivity contribution in [1.82, 2.24) is 14.8 Å². The molecule has 1 heterocycles. The van der Waals surface area contributed by atoms with E-state index in [4.69, 9.17) is 5.11 Å². The second-order valence-electron chi connectivity index (χ2n) is 2.96. The fourth-order valence-corrected chi connectivity index (χ4v) is 0.965. The number of hydrogen-bond donors (Lipinski definition) is 1. The minimum absolute atomic E-state index is 0.463. The summed E-state index contributed by atoms with van der Waals surface area (Å²) in [6.07, 6.45) is -4.30. The maximum atomic E-state index is 12.2. The minimum atomic E-state index is -4.97. The molecular formula is C6H5F3N4O4. The molecule has 0 aliphatic rings. The number of nitro groups is 1. The van der Waals surface area contributed by atoms with E-state index < -0.39 is 35.5 Å². The monoisotopic (exact) mass is 254 g/mol. The van der Waals surface area contributed by atoms with Gasteiger partial charge in [0.1, 0.15) is 0 Å². The summed E-state index contributed by atoms with van der Waals surface area (Å²) in [5.74, 6) is -5.67. The van der Waals surface area contributed by atoms with Gasteiger partial charge >= 0.3 is 18.1 Å². The Morgan fingerprint density at radius 3 is 2.59 bits per heavy atom. The molecule has 1 aromatic rings. The summed E-state index contributed by atoms with van der Waals surface area (Å²) in [5, 5.41) is 21.6. The first-order valence-electron chi connectivity index (χ1n) is 4.05. The van der Waals surface area contributed by atoms with Gasteiger partial charge in [0.05, 0.1) is 6.54 Å². The van der Waals surface area contributed by atoms with Gasteiger partial charge in [-0.05, 0) is 4.92 Å². The lowest BCUT2D eigenvalue weighted by Crippen LogP contribution is -2.34. The first-order valence-corrected chi connectivity index (χ1v) is 4.05. The third-order valence-corrected chi connectivity index (χ3v) is 1.75. The van der Waals surface area contributed by atoms with Gasteiger partial charge in [-0.3, -0.25) is 4.79 Å². The van der Waals surface area contributed by atoms with Crippen molar-refractivity contribution in [3.63, 3.8) is 0 Å². The predicted octanol–water partition coefficient (Wildman–Crippen LogP) is 0.449. The van der Waals surface area contributed by atoms with Crippen molar-refractivity contribution < 1.29 is 28.0 Å². The van der Waals surface area contributed by atoms with Crippen LogP contribution in [0.4, 0.5) is 19.1 Å². The van der Waals surface area contributed by atoms with Crippen LogP contribution in [0.2, 0.25) is 0 Å². The van der Waals surface area contributed by atoms with E-state index in [2.05, 4.69) is 10.1 Å². The Bertz CT molecular complexity index is 443. The second-order valence-corrected chi connectivity index (χ2v) is 2.96. The lowest BCUT2D eigenvalue weighted by molar-refractivity contribution is -0.394. The summed E-state index contributed by atoms with van der Waals surface area (Å²) < 4.78 is 37.2. The molecule has 0 aliphatic heterocycles. The number of carboxylic acids is 1. The van der Waals surface area contributed by atoms with E-state index in [1.165, 1.54) is 0 Å². The molecule has 1 rings (SSSR count). The highest BCUT2D eigenvalue weighted by Gasteiger charge is 2.46. The molecule has 11 heteroatoms. The standard InChI is InChI=1S/C6H5F3N4O4/c7-6(8,9)3(4(14)15)1-12-2-10-5(11-12)13(16)17/h2-3H,1H2,(H,14,15). The van der Waals surface area contributed by atoms with Crippen LogP contribution in [0.3, 0.4) is 0 Å². The van der Waals surface area contributed by atoms with Crippen LogP contribution in [0.15, 0.2) is 6.33 Å². The van der Waals surface area contributed by atoms with E-state index in [0.717, 1.165) is 0 Å². The van der Waals surface area contributed by atoms with Crippen LogP contribution in [0.5, 0.6) is 0 Å². The van der Waals surface area contributed by atoms with Gasteiger partial charge in [0.15, 0.2) is 5.92 Å². The van der Waals surface area contributed by atoms with Crippen LogP contribution < -0.4 is 0 Å². The van der Waals surface area contributed by atoms with E-state index in [0.29, 0.717) is 11.0 Å². The highest BCUT2D eigenvalue weighted by Crippen LogP contribution is 2.27. The number of alkyl halides is 3. The van der Waals surface area contributed by atoms with Crippen molar-refractivity contribution in [1.29, 1.82) is 0 Å². The second kappa shape index (κ2) is 4.35. The zero-order chi connectivity index (χ0) is 13.2. The number of nitrogens with zero attached hydrogens (tertiary/aromatic N) is 4. The maximum absolute atomic E-state index is 12.2. The number of hydrogen-bond acceptors (Lipinski definition) is 5. The summed E-state index contributed by atoms with van der Waals surface area (Å²) in [7, 11) is 0. The Hall–Kier alpha value is -2.20. The number of carbonyl (C=O) groups is 1. The van der Waals surface area contributed by atoms with Gasteiger partial charge < -0.3 is 15.2 Å². The highest BCUT2D eigenvalue weighted by molar-refractivity contribution is 5.70. The van der Waals surface area contributed by atoms with Crippen LogP contribution >= 0.6 is 0 Å². The quantitative estimate of drug-likeness (QED) is 0.616. The van der Waals surface area contributed by atoms with Gasteiger partial charge in [-0.2, -0.15) is 17.9 Å². The van der Waals surface area contributed by atoms with Gasteiger partial charge in [0, 0.05) is 5.10 Å². The molecule has 0 radical (unpaired) electrons. The van der Waals surface area contributed by atoms with Gasteiger partial charge in [-0.15, -0.1) is 0 Å². The van der Waals surface area contributed by atoms with Crippen LogP contribution in [-0.2, 0) is 11.3 Å². The molecule has 1 unspecified atom stereocenters. The van der Waals surface area contributed by atoms with Crippen molar-refractivity contribution >= 4 is 11.9 Å². The van der Waals surface area contributed by atoms with Crippen molar-refractivity contribution in [3.05, 3.63) is 16.4 Å². The molecule has 94 valence electrons. The van der Waals surface area contributed by atoms with Gasteiger partial charge in [-0.25, -0.2) is 0 Å². The topological polar surface area (TPSA) is 111 Å². The SMILES string of the molecule is O=C(O)C(Cn1cnc([N+](=O)[O-])n1)C(F)(F)F. The summed E-state index contributed by atoms with van der Waals surface area (Å²) in [5.41, 5.74) is 0. The molecule has 1 atom stereocenters. The molecule has 0 saturated carbocycles. The van der Waals surface area contributed by atoms with E-state index in [1.54, 1.807) is 0 Å². The number of carboxylic acid groups (broad SMARTS) is 1. The average Bonchev–Trinajstić information content (AvgIpc) is 2.59. The molecule has 17 heavy (non-hydrogen) atoms. The largest absolute Gasteiger partial charge is 0.490 e. The van der Waals surface area contributed by atoms with Crippen molar-refractivity contribution in [3.8, 4) is 0 Å². The molecule has 0 fully saturated rings. The van der Waals surface area contributed by atoms with Crippen LogP contribution in [0.1, 0.15) is 0 Å². The maximum Gasteiger partial charge on any atom is 0.490 e. The Labute approximate surface area is 90.8 Å². The Balaban J connectivity index is 2.87. The third kappa shape index (κ3) is 3.12. The first kappa shape index (κ1) is 12.9. The third-order valence-electron chi connectivity index (χ3n) is 1.75. The molecule has 8 nitrogen and oxygen atoms in total. The van der Waals surface area contributed by atoms with Gasteiger partial charge in [0.25, 0.3) is 0 Å². The van der Waals surface area contributed by atoms with E-state index in [9.17, 15) is 28.1 Å². The average molecular weight is 254 g/mol. The molecular weight excluding hydrogens is 249 g/mol. The molecule has 0 amide bonds. The molecule has 1 N–H and O–H groups in total. The fraction of sp³-hybridized carbons (Fsp3) is 0.500. The number of aliphatic carboxylic acids is 1. The van der Waals surface area contributed by atoms with Crippen LogP contribution in [0, 0.1) is 16.0 Å².